The second kappa shape index (κ2) is 3.60. The summed E-state index contributed by atoms with van der Waals surface area (Å²) in [4.78, 5) is 0. The third-order valence-electron chi connectivity index (χ3n) is 2.07. The summed E-state index contributed by atoms with van der Waals surface area (Å²) in [5.74, 6) is 0.701. The standard InChI is InChI=1S/C8H10IN5/c1-13-6(2-3-11-13)5-14-8(10)7(9)4-12-14/h2-4H,5,10H2,1H3. The van der Waals surface area contributed by atoms with Gasteiger partial charge in [-0.2, -0.15) is 10.2 Å². The van der Waals surface area contributed by atoms with Gasteiger partial charge in [0, 0.05) is 13.2 Å². The Morgan fingerprint density at radius 1 is 1.50 bits per heavy atom. The van der Waals surface area contributed by atoms with E-state index in [9.17, 15) is 0 Å². The molecule has 0 aromatic carbocycles. The van der Waals surface area contributed by atoms with Gasteiger partial charge in [-0.15, -0.1) is 0 Å². The first kappa shape index (κ1) is 9.50. The van der Waals surface area contributed by atoms with Gasteiger partial charge in [0.05, 0.1) is 22.0 Å². The van der Waals surface area contributed by atoms with Crippen molar-refractivity contribution in [3.63, 3.8) is 0 Å². The maximum atomic E-state index is 5.83. The third-order valence-corrected chi connectivity index (χ3v) is 2.90. The predicted molar refractivity (Wildman–Crippen MR) is 61.7 cm³/mol. The van der Waals surface area contributed by atoms with Crippen LogP contribution in [0.15, 0.2) is 18.5 Å². The summed E-state index contributed by atoms with van der Waals surface area (Å²) in [6.45, 7) is 0.658. The largest absolute Gasteiger partial charge is 0.383 e. The van der Waals surface area contributed by atoms with Crippen molar-refractivity contribution in [1.82, 2.24) is 19.6 Å². The van der Waals surface area contributed by atoms with Gasteiger partial charge in [0.25, 0.3) is 0 Å². The zero-order valence-corrected chi connectivity index (χ0v) is 9.84. The van der Waals surface area contributed by atoms with Crippen molar-refractivity contribution < 1.29 is 0 Å². The van der Waals surface area contributed by atoms with Crippen molar-refractivity contribution in [2.24, 2.45) is 7.05 Å². The number of hydrogen-bond acceptors (Lipinski definition) is 3. The van der Waals surface area contributed by atoms with E-state index in [1.54, 1.807) is 17.1 Å². The van der Waals surface area contributed by atoms with Crippen LogP contribution in [0.3, 0.4) is 0 Å². The minimum Gasteiger partial charge on any atom is -0.383 e. The van der Waals surface area contributed by atoms with E-state index in [4.69, 9.17) is 5.73 Å². The molecule has 6 heteroatoms. The molecule has 2 aromatic rings. The summed E-state index contributed by atoms with van der Waals surface area (Å²) < 4.78 is 4.55. The fraction of sp³-hybridized carbons (Fsp3) is 0.250. The fourth-order valence-corrected chi connectivity index (χ4v) is 1.61. The smallest absolute Gasteiger partial charge is 0.135 e. The Kier molecular flexibility index (Phi) is 2.44. The Hall–Kier alpha value is -1.05. The lowest BCUT2D eigenvalue weighted by Gasteiger charge is -2.04. The first-order valence-corrected chi connectivity index (χ1v) is 5.20. The maximum absolute atomic E-state index is 5.83. The van der Waals surface area contributed by atoms with Crippen LogP contribution in [0.5, 0.6) is 0 Å². The van der Waals surface area contributed by atoms with Gasteiger partial charge >= 0.3 is 0 Å². The monoisotopic (exact) mass is 303 g/mol. The van der Waals surface area contributed by atoms with E-state index in [-0.39, 0.29) is 0 Å². The van der Waals surface area contributed by atoms with Crippen molar-refractivity contribution >= 4 is 28.4 Å². The Bertz CT molecular complexity index is 444. The van der Waals surface area contributed by atoms with Gasteiger partial charge in [-0.3, -0.25) is 4.68 Å². The van der Waals surface area contributed by atoms with E-state index < -0.39 is 0 Å². The summed E-state index contributed by atoms with van der Waals surface area (Å²) >= 11 is 2.16. The molecule has 0 aliphatic carbocycles. The first-order chi connectivity index (χ1) is 6.68. The predicted octanol–water partition coefficient (Wildman–Crippen LogP) is 0.852. The van der Waals surface area contributed by atoms with Crippen molar-refractivity contribution in [2.45, 2.75) is 6.54 Å². The van der Waals surface area contributed by atoms with Crippen LogP contribution in [0.2, 0.25) is 0 Å². The molecule has 2 rings (SSSR count). The zero-order valence-electron chi connectivity index (χ0n) is 7.68. The summed E-state index contributed by atoms with van der Waals surface area (Å²) in [7, 11) is 1.90. The van der Waals surface area contributed by atoms with Crippen LogP contribution < -0.4 is 5.73 Å². The number of rotatable bonds is 2. The average Bonchev–Trinajstić information content (AvgIpc) is 2.68. The van der Waals surface area contributed by atoms with Gasteiger partial charge in [0.15, 0.2) is 0 Å². The van der Waals surface area contributed by atoms with E-state index >= 15 is 0 Å². The molecule has 0 aliphatic heterocycles. The highest BCUT2D eigenvalue weighted by molar-refractivity contribution is 14.1. The summed E-state index contributed by atoms with van der Waals surface area (Å²) in [6, 6.07) is 1.95. The van der Waals surface area contributed by atoms with Crippen LogP contribution in [-0.4, -0.2) is 19.6 Å². The molecule has 0 saturated heterocycles. The van der Waals surface area contributed by atoms with Gasteiger partial charge in [-0.25, -0.2) is 4.68 Å². The van der Waals surface area contributed by atoms with Crippen LogP contribution in [-0.2, 0) is 13.6 Å². The molecule has 2 aromatic heterocycles. The lowest BCUT2D eigenvalue weighted by Crippen LogP contribution is -2.09. The number of aryl methyl sites for hydroxylation is 1. The lowest BCUT2D eigenvalue weighted by atomic mass is 10.4. The highest BCUT2D eigenvalue weighted by atomic mass is 127. The molecule has 14 heavy (non-hydrogen) atoms. The first-order valence-electron chi connectivity index (χ1n) is 4.12. The SMILES string of the molecule is Cn1nccc1Cn1ncc(I)c1N. The summed E-state index contributed by atoms with van der Waals surface area (Å²) in [5.41, 5.74) is 6.91. The van der Waals surface area contributed by atoms with Crippen LogP contribution in [0, 0.1) is 3.57 Å². The number of nitrogens with two attached hydrogens (primary N) is 1. The normalized spacial score (nSPS) is 10.7. The summed E-state index contributed by atoms with van der Waals surface area (Å²) in [5, 5.41) is 8.26. The van der Waals surface area contributed by atoms with Gasteiger partial charge in [-0.1, -0.05) is 0 Å². The van der Waals surface area contributed by atoms with Gasteiger partial charge in [0.2, 0.25) is 0 Å². The Morgan fingerprint density at radius 2 is 2.29 bits per heavy atom. The number of hydrogen-bond donors (Lipinski definition) is 1. The molecule has 5 nitrogen and oxygen atoms in total. The highest BCUT2D eigenvalue weighted by Gasteiger charge is 2.06. The Labute approximate surface area is 95.0 Å². The van der Waals surface area contributed by atoms with E-state index in [2.05, 4.69) is 32.8 Å². The minimum atomic E-state index is 0.658. The van der Waals surface area contributed by atoms with Crippen molar-refractivity contribution in [3.8, 4) is 0 Å². The maximum Gasteiger partial charge on any atom is 0.135 e. The van der Waals surface area contributed by atoms with Crippen molar-refractivity contribution in [3.05, 3.63) is 27.7 Å². The third kappa shape index (κ3) is 1.61. The molecule has 0 fully saturated rings. The number of anilines is 1. The summed E-state index contributed by atoms with van der Waals surface area (Å²) in [6.07, 6.45) is 3.52. The molecule has 0 saturated carbocycles. The molecule has 2 N–H and O–H groups in total. The van der Waals surface area contributed by atoms with E-state index in [0.29, 0.717) is 12.4 Å². The fourth-order valence-electron chi connectivity index (χ4n) is 1.21. The molecule has 0 bridgehead atoms. The average molecular weight is 303 g/mol. The molecule has 0 amide bonds. The van der Waals surface area contributed by atoms with Gasteiger partial charge < -0.3 is 5.73 Å². The number of nitrogen functional groups attached to an aromatic ring is 1. The number of aromatic nitrogens is 4. The zero-order chi connectivity index (χ0) is 10.1. The molecule has 0 atom stereocenters. The number of halogens is 1. The van der Waals surface area contributed by atoms with E-state index in [1.165, 1.54) is 0 Å². The van der Waals surface area contributed by atoms with Crippen LogP contribution in [0.1, 0.15) is 5.69 Å². The van der Waals surface area contributed by atoms with E-state index in [0.717, 1.165) is 9.26 Å². The molecule has 74 valence electrons. The second-order valence-corrected chi connectivity index (χ2v) is 4.14. The Balaban J connectivity index is 2.27. The van der Waals surface area contributed by atoms with Crippen molar-refractivity contribution in [2.75, 3.05) is 5.73 Å². The lowest BCUT2D eigenvalue weighted by molar-refractivity contribution is 0.626. The van der Waals surface area contributed by atoms with Crippen LogP contribution in [0.4, 0.5) is 5.82 Å². The molecule has 0 unspecified atom stereocenters. The molecular formula is C8H10IN5. The topological polar surface area (TPSA) is 61.7 Å². The van der Waals surface area contributed by atoms with E-state index in [1.807, 2.05) is 17.8 Å². The Morgan fingerprint density at radius 3 is 2.79 bits per heavy atom. The van der Waals surface area contributed by atoms with Gasteiger partial charge in [0.1, 0.15) is 5.82 Å². The molecule has 0 radical (unpaired) electrons. The van der Waals surface area contributed by atoms with Gasteiger partial charge in [-0.05, 0) is 28.7 Å². The molecule has 0 spiro atoms. The van der Waals surface area contributed by atoms with Crippen molar-refractivity contribution in [1.29, 1.82) is 0 Å². The van der Waals surface area contributed by atoms with Crippen LogP contribution >= 0.6 is 22.6 Å². The quantitative estimate of drug-likeness (QED) is 0.837. The second-order valence-electron chi connectivity index (χ2n) is 2.98. The van der Waals surface area contributed by atoms with Crippen LogP contribution in [0.25, 0.3) is 0 Å². The molecule has 2 heterocycles. The molecule has 0 aliphatic rings. The number of nitrogens with zero attached hydrogens (tertiary/aromatic N) is 4. The minimum absolute atomic E-state index is 0.658. The highest BCUT2D eigenvalue weighted by Crippen LogP contribution is 2.14. The molecular weight excluding hydrogens is 293 g/mol.